The van der Waals surface area contributed by atoms with Crippen LogP contribution in [0.15, 0.2) is 18.2 Å². The second kappa shape index (κ2) is 5.92. The van der Waals surface area contributed by atoms with Gasteiger partial charge >= 0.3 is 6.18 Å². The van der Waals surface area contributed by atoms with Crippen LogP contribution >= 0.6 is 0 Å². The molecule has 1 heterocycles. The van der Waals surface area contributed by atoms with Gasteiger partial charge in [-0.15, -0.1) is 0 Å². The van der Waals surface area contributed by atoms with Crippen molar-refractivity contribution in [2.75, 3.05) is 13.2 Å². The monoisotopic (exact) mass is 276 g/mol. The van der Waals surface area contributed by atoms with E-state index in [9.17, 15) is 13.2 Å². The van der Waals surface area contributed by atoms with Crippen LogP contribution in [0, 0.1) is 13.8 Å². The summed E-state index contributed by atoms with van der Waals surface area (Å²) in [6.07, 6.45) is -4.58. The van der Waals surface area contributed by atoms with Crippen LogP contribution in [0.1, 0.15) is 30.5 Å². The lowest BCUT2D eigenvalue weighted by atomic mass is 9.96. The minimum absolute atomic E-state index is 0.0440. The quantitative estimate of drug-likeness (QED) is 0.769. The molecule has 0 atom stereocenters. The summed E-state index contributed by atoms with van der Waals surface area (Å²) in [5.41, 5.74) is 1.37. The Bertz CT molecular complexity index is 421. The molecular formula is C14H19F3O2. The predicted octanol–water partition coefficient (Wildman–Crippen LogP) is 4.09. The standard InChI is InChI=1S/C12H13F3O2.C2H6/c1-8-4-3-5-10(9(8)2)11(12(13,14)15)16-6-7-17-11;1-2/h3-5H,6-7H2,1-2H3;1-2H3. The highest BCUT2D eigenvalue weighted by molar-refractivity contribution is 5.37. The highest BCUT2D eigenvalue weighted by Gasteiger charge is 2.61. The van der Waals surface area contributed by atoms with Gasteiger partial charge in [-0.2, -0.15) is 13.2 Å². The molecule has 19 heavy (non-hydrogen) atoms. The molecule has 1 aromatic carbocycles. The Morgan fingerprint density at radius 1 is 1.05 bits per heavy atom. The van der Waals surface area contributed by atoms with Crippen LogP contribution in [-0.2, 0) is 15.3 Å². The Hall–Kier alpha value is -1.07. The van der Waals surface area contributed by atoms with E-state index in [0.717, 1.165) is 5.56 Å². The van der Waals surface area contributed by atoms with Crippen molar-refractivity contribution < 1.29 is 22.6 Å². The van der Waals surface area contributed by atoms with Gasteiger partial charge in [0.25, 0.3) is 5.79 Å². The first kappa shape index (κ1) is 16.0. The van der Waals surface area contributed by atoms with E-state index in [1.54, 1.807) is 26.0 Å². The van der Waals surface area contributed by atoms with Crippen molar-refractivity contribution in [1.82, 2.24) is 0 Å². The molecule has 1 aliphatic rings. The van der Waals surface area contributed by atoms with Gasteiger partial charge in [-0.25, -0.2) is 0 Å². The fourth-order valence-corrected chi connectivity index (χ4v) is 1.99. The highest BCUT2D eigenvalue weighted by Crippen LogP contribution is 2.46. The van der Waals surface area contributed by atoms with Crippen LogP contribution in [-0.4, -0.2) is 19.4 Å². The molecule has 0 spiro atoms. The zero-order valence-corrected chi connectivity index (χ0v) is 11.6. The van der Waals surface area contributed by atoms with E-state index < -0.39 is 12.0 Å². The van der Waals surface area contributed by atoms with Gasteiger partial charge in [0.2, 0.25) is 0 Å². The van der Waals surface area contributed by atoms with E-state index in [1.807, 2.05) is 13.8 Å². The first-order valence-corrected chi connectivity index (χ1v) is 6.30. The van der Waals surface area contributed by atoms with Crippen molar-refractivity contribution >= 4 is 0 Å². The molecule has 5 heteroatoms. The molecule has 0 bridgehead atoms. The average molecular weight is 276 g/mol. The first-order chi connectivity index (χ1) is 8.88. The SMILES string of the molecule is CC.Cc1cccc(C2(C(F)(F)F)OCCO2)c1C. The summed E-state index contributed by atoms with van der Waals surface area (Å²) >= 11 is 0. The number of hydrogen-bond acceptors (Lipinski definition) is 2. The second-order valence-electron chi connectivity index (χ2n) is 4.06. The molecule has 0 aliphatic carbocycles. The maximum Gasteiger partial charge on any atom is 0.448 e. The van der Waals surface area contributed by atoms with Gasteiger partial charge < -0.3 is 9.47 Å². The van der Waals surface area contributed by atoms with E-state index in [1.165, 1.54) is 6.07 Å². The van der Waals surface area contributed by atoms with Gasteiger partial charge in [-0.05, 0) is 25.0 Å². The third-order valence-corrected chi connectivity index (χ3v) is 3.03. The van der Waals surface area contributed by atoms with Crippen molar-refractivity contribution in [3.8, 4) is 0 Å². The van der Waals surface area contributed by atoms with Crippen LogP contribution in [0.3, 0.4) is 0 Å². The molecule has 0 aromatic heterocycles. The number of ether oxygens (including phenoxy) is 2. The fraction of sp³-hybridized carbons (Fsp3) is 0.571. The maximum atomic E-state index is 13.2. The molecule has 0 unspecified atom stereocenters. The Labute approximate surface area is 111 Å². The summed E-state index contributed by atoms with van der Waals surface area (Å²) < 4.78 is 49.2. The van der Waals surface area contributed by atoms with Crippen LogP contribution in [0.2, 0.25) is 0 Å². The Balaban J connectivity index is 0.000000861. The number of benzene rings is 1. The third kappa shape index (κ3) is 2.77. The summed E-state index contributed by atoms with van der Waals surface area (Å²) in [4.78, 5) is 0. The summed E-state index contributed by atoms with van der Waals surface area (Å²) in [6.45, 7) is 7.31. The van der Waals surface area contributed by atoms with Crippen LogP contribution < -0.4 is 0 Å². The molecular weight excluding hydrogens is 257 g/mol. The average Bonchev–Trinajstić information content (AvgIpc) is 2.85. The van der Waals surface area contributed by atoms with E-state index in [2.05, 4.69) is 0 Å². The van der Waals surface area contributed by atoms with Gasteiger partial charge in [0.15, 0.2) is 0 Å². The number of halogens is 3. The van der Waals surface area contributed by atoms with Crippen molar-refractivity contribution in [1.29, 1.82) is 0 Å². The van der Waals surface area contributed by atoms with Crippen LogP contribution in [0.4, 0.5) is 13.2 Å². The zero-order chi connectivity index (χ0) is 14.7. The Morgan fingerprint density at radius 2 is 1.58 bits per heavy atom. The van der Waals surface area contributed by atoms with Crippen molar-refractivity contribution in [2.45, 2.75) is 39.7 Å². The maximum absolute atomic E-state index is 13.2. The Kier molecular flexibility index (Phi) is 4.98. The molecule has 1 aliphatic heterocycles. The lowest BCUT2D eigenvalue weighted by Crippen LogP contribution is -2.44. The molecule has 0 saturated carbocycles. The van der Waals surface area contributed by atoms with E-state index in [4.69, 9.17) is 9.47 Å². The van der Waals surface area contributed by atoms with Crippen molar-refractivity contribution in [3.63, 3.8) is 0 Å². The van der Waals surface area contributed by atoms with Gasteiger partial charge in [-0.3, -0.25) is 0 Å². The van der Waals surface area contributed by atoms with Crippen molar-refractivity contribution in [3.05, 3.63) is 34.9 Å². The largest absolute Gasteiger partial charge is 0.448 e. The van der Waals surface area contributed by atoms with E-state index >= 15 is 0 Å². The topological polar surface area (TPSA) is 18.5 Å². The number of alkyl halides is 3. The molecule has 108 valence electrons. The summed E-state index contributed by atoms with van der Waals surface area (Å²) in [6, 6.07) is 4.75. The summed E-state index contributed by atoms with van der Waals surface area (Å²) in [5.74, 6) is -2.59. The zero-order valence-electron chi connectivity index (χ0n) is 11.6. The smallest absolute Gasteiger partial charge is 0.336 e. The summed E-state index contributed by atoms with van der Waals surface area (Å²) in [5, 5.41) is 0. The minimum Gasteiger partial charge on any atom is -0.336 e. The van der Waals surface area contributed by atoms with Crippen molar-refractivity contribution in [2.24, 2.45) is 0 Å². The molecule has 1 saturated heterocycles. The molecule has 0 amide bonds. The number of rotatable bonds is 1. The van der Waals surface area contributed by atoms with E-state index in [0.29, 0.717) is 5.56 Å². The molecule has 0 radical (unpaired) electrons. The lowest BCUT2D eigenvalue weighted by molar-refractivity contribution is -0.353. The Morgan fingerprint density at radius 3 is 2.05 bits per heavy atom. The number of aryl methyl sites for hydroxylation is 1. The van der Waals surface area contributed by atoms with E-state index in [-0.39, 0.29) is 18.8 Å². The minimum atomic E-state index is -4.58. The molecule has 0 N–H and O–H groups in total. The molecule has 2 rings (SSSR count). The predicted molar refractivity (Wildman–Crippen MR) is 66.9 cm³/mol. The first-order valence-electron chi connectivity index (χ1n) is 6.30. The molecule has 1 aromatic rings. The third-order valence-electron chi connectivity index (χ3n) is 3.03. The number of hydrogen-bond donors (Lipinski definition) is 0. The normalized spacial score (nSPS) is 17.8. The van der Waals surface area contributed by atoms with Gasteiger partial charge in [0, 0.05) is 5.56 Å². The molecule has 2 nitrogen and oxygen atoms in total. The van der Waals surface area contributed by atoms with Gasteiger partial charge in [0.05, 0.1) is 13.2 Å². The fourth-order valence-electron chi connectivity index (χ4n) is 1.99. The lowest BCUT2D eigenvalue weighted by Gasteiger charge is -2.31. The van der Waals surface area contributed by atoms with Crippen LogP contribution in [0.5, 0.6) is 0 Å². The van der Waals surface area contributed by atoms with Gasteiger partial charge in [0.1, 0.15) is 0 Å². The summed E-state index contributed by atoms with van der Waals surface area (Å²) in [7, 11) is 0. The second-order valence-corrected chi connectivity index (χ2v) is 4.06. The highest BCUT2D eigenvalue weighted by atomic mass is 19.4. The van der Waals surface area contributed by atoms with Gasteiger partial charge in [-0.1, -0.05) is 32.0 Å². The van der Waals surface area contributed by atoms with Crippen LogP contribution in [0.25, 0.3) is 0 Å². The molecule has 1 fully saturated rings.